The number of nitrogens with zero attached hydrogens (tertiary/aromatic N) is 4. The fraction of sp³-hybridized carbons (Fsp3) is 0. The minimum absolute atomic E-state index is 0. The van der Waals surface area contributed by atoms with Crippen molar-refractivity contribution < 1.29 is 0 Å². The van der Waals surface area contributed by atoms with Crippen LogP contribution in [0, 0.1) is 11.1 Å². The van der Waals surface area contributed by atoms with Crippen LogP contribution < -0.4 is 11.7 Å². The molecule has 0 aliphatic rings. The summed E-state index contributed by atoms with van der Waals surface area (Å²) in [6, 6.07) is 0. The van der Waals surface area contributed by atoms with E-state index in [1.54, 1.807) is 0 Å². The molecular formula is C2H9ClN8. The maximum atomic E-state index is 6.00. The van der Waals surface area contributed by atoms with Gasteiger partial charge in [-0.05, 0) is 0 Å². The van der Waals surface area contributed by atoms with Crippen molar-refractivity contribution in [1.29, 1.82) is 11.1 Å². The first kappa shape index (κ1) is 16.2. The highest BCUT2D eigenvalue weighted by Gasteiger charge is 1.44. The normalized spacial score (nSPS) is 8.00. The number of hydrogen-bond donors (Lipinski definition) is 4. The Morgan fingerprint density at radius 1 is 0.909 bits per heavy atom. The molecule has 0 saturated carbocycles. The van der Waals surface area contributed by atoms with Crippen LogP contribution in [0.2, 0.25) is 0 Å². The molecule has 0 aromatic carbocycles. The van der Waals surface area contributed by atoms with Crippen LogP contribution >= 0.6 is 12.4 Å². The van der Waals surface area contributed by atoms with Gasteiger partial charge < -0.3 is 11.7 Å². The largest absolute Gasteiger partial charge is 0.322 e. The smallest absolute Gasteiger partial charge is 0.156 e. The molecule has 8 nitrogen and oxygen atoms in total. The Kier molecular flexibility index (Phi) is 34.9. The molecule has 0 spiro atoms. The molecule has 11 heavy (non-hydrogen) atoms. The summed E-state index contributed by atoms with van der Waals surface area (Å²) in [5, 5.41) is 11.1. The van der Waals surface area contributed by atoms with E-state index >= 15 is 0 Å². The molecule has 0 aromatic heterocycles. The molecule has 0 aliphatic heterocycles. The Morgan fingerprint density at radius 3 is 1.18 bits per heavy atom. The first-order valence-corrected chi connectivity index (χ1v) is 2.00. The topological polar surface area (TPSA) is 149 Å². The number of hydrogen-bond acceptors (Lipinski definition) is 6. The van der Waals surface area contributed by atoms with Gasteiger partial charge in [-0.1, -0.05) is 0 Å². The lowest BCUT2D eigenvalue weighted by Crippen LogP contribution is -1.75. The highest BCUT2D eigenvalue weighted by molar-refractivity contribution is 5.85. The lowest BCUT2D eigenvalue weighted by atomic mass is 11.4. The Morgan fingerprint density at radius 2 is 1.18 bits per heavy atom. The van der Waals surface area contributed by atoms with E-state index in [1.165, 1.54) is 0 Å². The van der Waals surface area contributed by atoms with Crippen LogP contribution in [-0.2, 0) is 0 Å². The van der Waals surface area contributed by atoms with Crippen molar-refractivity contribution in [2.75, 3.05) is 0 Å². The van der Waals surface area contributed by atoms with Gasteiger partial charge in [0.15, 0.2) is 12.7 Å². The van der Waals surface area contributed by atoms with Gasteiger partial charge in [0.05, 0.1) is 0 Å². The molecular weight excluding hydrogens is 172 g/mol. The monoisotopic (exact) mass is 180 g/mol. The van der Waals surface area contributed by atoms with Crippen LogP contribution in [0.4, 0.5) is 0 Å². The van der Waals surface area contributed by atoms with Crippen molar-refractivity contribution in [2.24, 2.45) is 32.1 Å². The van der Waals surface area contributed by atoms with E-state index < -0.39 is 0 Å². The first-order valence-electron chi connectivity index (χ1n) is 2.00. The molecule has 64 valence electrons. The Labute approximate surface area is 69.1 Å². The van der Waals surface area contributed by atoms with Crippen LogP contribution in [0.3, 0.4) is 0 Å². The van der Waals surface area contributed by atoms with E-state index in [0.29, 0.717) is 0 Å². The Bertz CT molecular complexity index is 112. The molecule has 0 amide bonds. The number of halogens is 1. The van der Waals surface area contributed by atoms with Crippen LogP contribution in [0.25, 0.3) is 0 Å². The van der Waals surface area contributed by atoms with Crippen molar-refractivity contribution in [3.8, 4) is 0 Å². The van der Waals surface area contributed by atoms with Gasteiger partial charge in [-0.3, -0.25) is 0 Å². The zero-order valence-corrected chi connectivity index (χ0v) is 6.32. The molecule has 0 atom stereocenters. The minimum Gasteiger partial charge on any atom is -0.322 e. The lowest BCUT2D eigenvalue weighted by molar-refractivity contribution is 1.17. The molecule has 0 bridgehead atoms. The van der Waals surface area contributed by atoms with Crippen LogP contribution in [0.15, 0.2) is 20.4 Å². The quantitative estimate of drug-likeness (QED) is 0.159. The van der Waals surface area contributed by atoms with E-state index in [0.717, 1.165) is 12.7 Å². The predicted molar refractivity (Wildman–Crippen MR) is 42.9 cm³/mol. The molecule has 0 saturated heterocycles. The molecule has 0 aliphatic carbocycles. The number of nitrogens with one attached hydrogen (secondary N) is 2. The summed E-state index contributed by atoms with van der Waals surface area (Å²) in [4.78, 5) is 0. The Balaban J connectivity index is -0.000000107. The maximum absolute atomic E-state index is 6.00. The van der Waals surface area contributed by atoms with Crippen molar-refractivity contribution in [3.05, 3.63) is 0 Å². The molecule has 0 unspecified atom stereocenters. The number of nitrogens with two attached hydrogens (primary N) is 2. The summed E-state index contributed by atoms with van der Waals surface area (Å²) in [5.41, 5.74) is 12.0. The van der Waals surface area contributed by atoms with Gasteiger partial charge in [0, 0.05) is 0 Å². The van der Waals surface area contributed by atoms with Gasteiger partial charge >= 0.3 is 0 Å². The average Bonchev–Trinajstić information content (AvgIpc) is 1.93. The van der Waals surface area contributed by atoms with Crippen molar-refractivity contribution in [1.82, 2.24) is 0 Å². The summed E-state index contributed by atoms with van der Waals surface area (Å²) >= 11 is 0. The van der Waals surface area contributed by atoms with Crippen molar-refractivity contribution in [2.45, 2.75) is 0 Å². The predicted octanol–water partition coefficient (Wildman–Crippen LogP) is 0.261. The van der Waals surface area contributed by atoms with E-state index in [1.807, 2.05) is 0 Å². The molecule has 6 N–H and O–H groups in total. The molecule has 0 heterocycles. The van der Waals surface area contributed by atoms with E-state index in [-0.39, 0.29) is 12.4 Å². The third-order valence-electron chi connectivity index (χ3n) is 0.249. The van der Waals surface area contributed by atoms with Gasteiger partial charge in [-0.2, -0.15) is 10.2 Å². The summed E-state index contributed by atoms with van der Waals surface area (Å²) in [6.45, 7) is 0. The fourth-order valence-electron chi connectivity index (χ4n) is 0.0667. The lowest BCUT2D eigenvalue weighted by Gasteiger charge is -1.58. The van der Waals surface area contributed by atoms with Gasteiger partial charge in [-0.25, -0.2) is 11.1 Å². The van der Waals surface area contributed by atoms with Gasteiger partial charge in [0.25, 0.3) is 0 Å². The second kappa shape index (κ2) is 23.7. The van der Waals surface area contributed by atoms with Crippen molar-refractivity contribution in [3.63, 3.8) is 0 Å². The highest BCUT2D eigenvalue weighted by Crippen LogP contribution is 1.45. The molecule has 0 aromatic rings. The summed E-state index contributed by atoms with van der Waals surface area (Å²) in [5.74, 6) is 8.99. The zero-order valence-electron chi connectivity index (χ0n) is 5.51. The standard InChI is InChI=1S/2CH4N4.ClH/c2*2-4-1-5-3;/h2*1-2H,3H2;1H. The van der Waals surface area contributed by atoms with Gasteiger partial charge in [0.1, 0.15) is 0 Å². The fourth-order valence-corrected chi connectivity index (χ4v) is 0.0667. The maximum Gasteiger partial charge on any atom is 0.156 e. The molecule has 9 heteroatoms. The highest BCUT2D eigenvalue weighted by atomic mass is 35.5. The second-order valence-electron chi connectivity index (χ2n) is 0.787. The third kappa shape index (κ3) is 59.0. The first-order chi connectivity index (χ1) is 4.83. The summed E-state index contributed by atoms with van der Waals surface area (Å²) < 4.78 is 0. The van der Waals surface area contributed by atoms with Crippen LogP contribution in [-0.4, -0.2) is 12.7 Å². The molecule has 0 radical (unpaired) electrons. The minimum atomic E-state index is 0. The van der Waals surface area contributed by atoms with Crippen LogP contribution in [0.5, 0.6) is 0 Å². The van der Waals surface area contributed by atoms with E-state index in [4.69, 9.17) is 11.1 Å². The van der Waals surface area contributed by atoms with E-state index in [2.05, 4.69) is 32.1 Å². The number of rotatable bonds is 2. The zero-order chi connectivity index (χ0) is 8.24. The average molecular weight is 181 g/mol. The van der Waals surface area contributed by atoms with Crippen molar-refractivity contribution >= 4 is 25.1 Å². The van der Waals surface area contributed by atoms with Gasteiger partial charge in [0.2, 0.25) is 0 Å². The SMILES string of the molecule is Cl.N=NC=NN.N=NC=NN. The number of hydrazone groups is 2. The third-order valence-corrected chi connectivity index (χ3v) is 0.249. The molecule has 0 rings (SSSR count). The van der Waals surface area contributed by atoms with Gasteiger partial charge in [-0.15, -0.1) is 22.6 Å². The van der Waals surface area contributed by atoms with Crippen LogP contribution in [0.1, 0.15) is 0 Å². The Hall–Kier alpha value is -1.57. The van der Waals surface area contributed by atoms with E-state index in [9.17, 15) is 0 Å². The second-order valence-corrected chi connectivity index (χ2v) is 0.787. The molecule has 0 fully saturated rings. The summed E-state index contributed by atoms with van der Waals surface area (Å²) in [7, 11) is 0. The summed E-state index contributed by atoms with van der Waals surface area (Å²) in [6.07, 6.45) is 1.89.